The van der Waals surface area contributed by atoms with Gasteiger partial charge in [-0.3, -0.25) is 9.59 Å². The molecule has 1 aromatic heterocycles. The molecule has 0 fully saturated rings. The molecule has 0 aliphatic carbocycles. The molecule has 0 saturated carbocycles. The summed E-state index contributed by atoms with van der Waals surface area (Å²) in [5.74, 6) is -3.85. The number of amides is 2. The number of benzene rings is 1. The second-order valence-electron chi connectivity index (χ2n) is 7.23. The lowest BCUT2D eigenvalue weighted by atomic mass is 9.97. The Morgan fingerprint density at radius 1 is 1.32 bits per heavy atom. The van der Waals surface area contributed by atoms with Crippen molar-refractivity contribution in [1.29, 1.82) is 0 Å². The number of anilines is 1. The summed E-state index contributed by atoms with van der Waals surface area (Å²) in [6, 6.07) is 5.24. The van der Waals surface area contributed by atoms with E-state index in [4.69, 9.17) is 9.84 Å². The molecule has 31 heavy (non-hydrogen) atoms. The number of aliphatic carboxylic acids is 1. The van der Waals surface area contributed by atoms with Crippen molar-refractivity contribution in [3.8, 4) is 5.75 Å². The number of hydrogen-bond donors (Lipinski definition) is 4. The Labute approximate surface area is 180 Å². The maximum Gasteiger partial charge on any atom is 0.394 e. The third kappa shape index (κ3) is 3.73. The highest BCUT2D eigenvalue weighted by Gasteiger charge is 2.35. The van der Waals surface area contributed by atoms with Crippen LogP contribution in [-0.4, -0.2) is 58.6 Å². The van der Waals surface area contributed by atoms with Gasteiger partial charge in [0.15, 0.2) is 0 Å². The van der Waals surface area contributed by atoms with Crippen LogP contribution >= 0.6 is 11.3 Å². The summed E-state index contributed by atoms with van der Waals surface area (Å²) < 4.78 is 5.30. The number of ether oxygens (including phenoxy) is 1. The highest BCUT2D eigenvalue weighted by atomic mass is 32.1. The molecule has 2 aliphatic heterocycles. The van der Waals surface area contributed by atoms with Crippen LogP contribution in [0.2, 0.25) is 0 Å². The van der Waals surface area contributed by atoms with E-state index >= 15 is 0 Å². The Morgan fingerprint density at radius 3 is 2.77 bits per heavy atom. The molecule has 162 valence electrons. The lowest BCUT2D eigenvalue weighted by Gasteiger charge is -2.28. The van der Waals surface area contributed by atoms with Gasteiger partial charge in [-0.15, -0.1) is 11.3 Å². The van der Waals surface area contributed by atoms with Gasteiger partial charge in [0.2, 0.25) is 0 Å². The Bertz CT molecular complexity index is 1110. The Kier molecular flexibility index (Phi) is 5.38. The van der Waals surface area contributed by atoms with E-state index in [0.29, 0.717) is 47.8 Å². The maximum atomic E-state index is 12.9. The topological polar surface area (TPSA) is 145 Å². The fraction of sp³-hybridized carbons (Fsp3) is 0.300. The van der Waals surface area contributed by atoms with Crippen molar-refractivity contribution in [1.82, 2.24) is 10.2 Å². The predicted molar refractivity (Wildman–Crippen MR) is 110 cm³/mol. The molecule has 10 nitrogen and oxygen atoms in total. The zero-order valence-electron chi connectivity index (χ0n) is 16.4. The molecule has 2 amide bonds. The van der Waals surface area contributed by atoms with Gasteiger partial charge in [-0.1, -0.05) is 12.1 Å². The van der Waals surface area contributed by atoms with E-state index in [1.807, 2.05) is 12.1 Å². The second-order valence-corrected chi connectivity index (χ2v) is 8.34. The summed E-state index contributed by atoms with van der Waals surface area (Å²) in [6.07, 6.45) is 0.327. The number of carbonyl (C=O) groups excluding carboxylic acids is 2. The van der Waals surface area contributed by atoms with E-state index in [2.05, 4.69) is 10.6 Å². The van der Waals surface area contributed by atoms with E-state index in [1.165, 1.54) is 7.11 Å². The van der Waals surface area contributed by atoms with Gasteiger partial charge in [0, 0.05) is 30.6 Å². The molecule has 2 aromatic rings. The number of methoxy groups -OCH3 is 1. The largest absolute Gasteiger partial charge is 0.496 e. The van der Waals surface area contributed by atoms with Crippen molar-refractivity contribution in [2.45, 2.75) is 25.6 Å². The molecule has 1 aromatic carbocycles. The normalized spacial score (nSPS) is 17.1. The Balaban J connectivity index is 1.54. The molecular weight excluding hydrogens is 426 g/mol. The van der Waals surface area contributed by atoms with Crippen LogP contribution in [0.4, 0.5) is 5.00 Å². The number of carboxylic acid groups (broad SMARTS) is 2. The van der Waals surface area contributed by atoms with Gasteiger partial charge in [0.05, 0.1) is 18.2 Å². The zero-order chi connectivity index (χ0) is 22.3. The van der Waals surface area contributed by atoms with Gasteiger partial charge in [0.1, 0.15) is 10.8 Å². The third-order valence-corrected chi connectivity index (χ3v) is 6.51. The zero-order valence-corrected chi connectivity index (χ0v) is 17.2. The summed E-state index contributed by atoms with van der Waals surface area (Å²) in [4.78, 5) is 49.5. The first kappa shape index (κ1) is 20.8. The van der Waals surface area contributed by atoms with E-state index in [-0.39, 0.29) is 22.5 Å². The summed E-state index contributed by atoms with van der Waals surface area (Å²) in [5.41, 5.74) is 1.87. The number of thiophene rings is 1. The molecular formula is C20H19N3O7S. The highest BCUT2D eigenvalue weighted by Crippen LogP contribution is 2.37. The molecule has 0 spiro atoms. The lowest BCUT2D eigenvalue weighted by molar-refractivity contribution is -0.147. The molecule has 0 bridgehead atoms. The summed E-state index contributed by atoms with van der Waals surface area (Å²) in [7, 11) is 1.51. The number of hydrogen-bond acceptors (Lipinski definition) is 7. The van der Waals surface area contributed by atoms with E-state index in [0.717, 1.165) is 16.9 Å². The van der Waals surface area contributed by atoms with Gasteiger partial charge in [-0.05, 0) is 23.6 Å². The summed E-state index contributed by atoms with van der Waals surface area (Å²) in [5, 5.41) is 23.9. The first-order valence-electron chi connectivity index (χ1n) is 9.40. The number of rotatable bonds is 5. The van der Waals surface area contributed by atoms with Gasteiger partial charge < -0.3 is 30.5 Å². The van der Waals surface area contributed by atoms with Crippen LogP contribution in [-0.2, 0) is 29.1 Å². The quantitative estimate of drug-likeness (QED) is 0.502. The summed E-state index contributed by atoms with van der Waals surface area (Å²) >= 11 is 1.04. The molecule has 0 unspecified atom stereocenters. The van der Waals surface area contributed by atoms with E-state index in [9.17, 15) is 24.3 Å². The maximum absolute atomic E-state index is 12.9. The van der Waals surface area contributed by atoms with Crippen molar-refractivity contribution >= 4 is 40.1 Å². The standard InChI is InChI=1S/C20H19N3O7S/c1-30-12-4-2-3-9-7-23(18(25)14(9)12)8-10-5-11-13(6-21-10)31-17(15(11)19(26)27)22-16(24)20(28)29/h2-4,10,21H,5-8H2,1H3,(H,22,24)(H,26,27)(H,28,29)/t10-/m1/s1. The minimum Gasteiger partial charge on any atom is -0.496 e. The Hall–Kier alpha value is -3.44. The monoisotopic (exact) mass is 445 g/mol. The van der Waals surface area contributed by atoms with E-state index in [1.54, 1.807) is 11.0 Å². The molecule has 4 N–H and O–H groups in total. The molecule has 0 saturated heterocycles. The average Bonchev–Trinajstić information content (AvgIpc) is 3.24. The van der Waals surface area contributed by atoms with Crippen LogP contribution in [0, 0.1) is 0 Å². The van der Waals surface area contributed by atoms with Gasteiger partial charge in [-0.25, -0.2) is 9.59 Å². The van der Waals surface area contributed by atoms with Crippen LogP contribution in [0.15, 0.2) is 18.2 Å². The van der Waals surface area contributed by atoms with Crippen LogP contribution in [0.1, 0.15) is 36.7 Å². The van der Waals surface area contributed by atoms with Crippen molar-refractivity contribution in [3.63, 3.8) is 0 Å². The average molecular weight is 445 g/mol. The fourth-order valence-electron chi connectivity index (χ4n) is 4.00. The first-order chi connectivity index (χ1) is 14.8. The smallest absolute Gasteiger partial charge is 0.394 e. The van der Waals surface area contributed by atoms with Crippen molar-refractivity contribution in [3.05, 3.63) is 45.3 Å². The number of aromatic carboxylic acids is 1. The van der Waals surface area contributed by atoms with Crippen molar-refractivity contribution < 1.29 is 34.1 Å². The number of carboxylic acids is 2. The molecule has 11 heteroatoms. The van der Waals surface area contributed by atoms with Crippen LogP contribution in [0.3, 0.4) is 0 Å². The van der Waals surface area contributed by atoms with Crippen LogP contribution in [0.5, 0.6) is 5.75 Å². The van der Waals surface area contributed by atoms with Crippen LogP contribution < -0.4 is 15.4 Å². The van der Waals surface area contributed by atoms with Gasteiger partial charge in [0.25, 0.3) is 5.91 Å². The second kappa shape index (κ2) is 8.00. The highest BCUT2D eigenvalue weighted by molar-refractivity contribution is 7.17. The third-order valence-electron chi connectivity index (χ3n) is 5.36. The minimum atomic E-state index is -1.69. The number of carbonyl (C=O) groups is 4. The molecule has 4 rings (SSSR count). The number of fused-ring (bicyclic) bond motifs is 2. The van der Waals surface area contributed by atoms with Crippen molar-refractivity contribution in [2.24, 2.45) is 0 Å². The lowest BCUT2D eigenvalue weighted by Crippen LogP contribution is -2.44. The molecule has 0 radical (unpaired) electrons. The summed E-state index contributed by atoms with van der Waals surface area (Å²) in [6.45, 7) is 1.15. The number of nitrogens with one attached hydrogen (secondary N) is 2. The van der Waals surface area contributed by atoms with Gasteiger partial charge in [-0.2, -0.15) is 0 Å². The van der Waals surface area contributed by atoms with Crippen molar-refractivity contribution in [2.75, 3.05) is 19.0 Å². The fourth-order valence-corrected chi connectivity index (χ4v) is 5.16. The SMILES string of the molecule is COc1cccc2c1C(=O)N(C[C@H]1Cc3c(sc(NC(=O)C(=O)O)c3C(=O)O)CN1)C2. The Morgan fingerprint density at radius 2 is 2.10 bits per heavy atom. The molecule has 2 aliphatic rings. The van der Waals surface area contributed by atoms with E-state index < -0.39 is 17.8 Å². The molecule has 1 atom stereocenters. The van der Waals surface area contributed by atoms with Gasteiger partial charge >= 0.3 is 17.8 Å². The first-order valence-corrected chi connectivity index (χ1v) is 10.2. The minimum absolute atomic E-state index is 0.00161. The van der Waals surface area contributed by atoms with Crippen LogP contribution in [0.25, 0.3) is 0 Å². The predicted octanol–water partition coefficient (Wildman–Crippen LogP) is 1.15. The molecule has 3 heterocycles. The number of nitrogens with zero attached hydrogens (tertiary/aromatic N) is 1.